The first kappa shape index (κ1) is 19.9. The predicted octanol–water partition coefficient (Wildman–Crippen LogP) is 5.96. The Hall–Kier alpha value is -2.86. The molecule has 144 valence electrons. The van der Waals surface area contributed by atoms with Gasteiger partial charge in [0.2, 0.25) is 5.76 Å². The van der Waals surface area contributed by atoms with Gasteiger partial charge >= 0.3 is 5.97 Å². The van der Waals surface area contributed by atoms with Crippen LogP contribution in [0.3, 0.4) is 0 Å². The van der Waals surface area contributed by atoms with Crippen LogP contribution >= 0.6 is 15.9 Å². The number of carbonyl (C=O) groups excluding carboxylic acids is 1. The summed E-state index contributed by atoms with van der Waals surface area (Å²) < 4.78 is 6.16. The summed E-state index contributed by atoms with van der Waals surface area (Å²) >= 11 is 3.40. The van der Waals surface area contributed by atoms with Crippen LogP contribution in [-0.4, -0.2) is 17.0 Å². The highest BCUT2D eigenvalue weighted by atomic mass is 79.9. The lowest BCUT2D eigenvalue weighted by Crippen LogP contribution is -2.14. The van der Waals surface area contributed by atoms with Crippen molar-refractivity contribution in [1.82, 2.24) is 0 Å². The topological polar surface area (TPSA) is 79.5 Å². The van der Waals surface area contributed by atoms with E-state index >= 15 is 0 Å². The molecule has 0 aliphatic carbocycles. The minimum absolute atomic E-state index is 0.00754. The van der Waals surface area contributed by atoms with Crippen molar-refractivity contribution in [3.05, 3.63) is 76.0 Å². The highest BCUT2D eigenvalue weighted by Crippen LogP contribution is 2.32. The maximum Gasteiger partial charge on any atom is 0.371 e. The maximum atomic E-state index is 12.7. The fraction of sp³-hybridized carbons (Fsp3) is 0.182. The lowest BCUT2D eigenvalue weighted by Gasteiger charge is -2.19. The summed E-state index contributed by atoms with van der Waals surface area (Å²) in [7, 11) is 0. The van der Waals surface area contributed by atoms with E-state index in [9.17, 15) is 9.59 Å². The summed E-state index contributed by atoms with van der Waals surface area (Å²) in [5.41, 5.74) is 2.79. The number of halogens is 1. The molecule has 28 heavy (non-hydrogen) atoms. The molecular formula is C22H20BrNO4. The van der Waals surface area contributed by atoms with Crippen LogP contribution in [0.25, 0.3) is 11.3 Å². The van der Waals surface area contributed by atoms with Crippen molar-refractivity contribution in [2.24, 2.45) is 0 Å². The quantitative estimate of drug-likeness (QED) is 0.523. The van der Waals surface area contributed by atoms with Gasteiger partial charge in [0, 0.05) is 15.6 Å². The number of carboxylic acid groups (broad SMARTS) is 1. The number of nitrogens with one attached hydrogen (secondary N) is 1. The second-order valence-electron chi connectivity index (χ2n) is 7.44. The van der Waals surface area contributed by atoms with Crippen LogP contribution in [0.4, 0.5) is 5.69 Å². The lowest BCUT2D eigenvalue weighted by atomic mass is 9.86. The van der Waals surface area contributed by atoms with Crippen LogP contribution in [0.1, 0.15) is 47.2 Å². The molecule has 1 amide bonds. The van der Waals surface area contributed by atoms with Gasteiger partial charge in [0.25, 0.3) is 5.91 Å². The van der Waals surface area contributed by atoms with Gasteiger partial charge in [-0.05, 0) is 53.4 Å². The molecule has 5 nitrogen and oxygen atoms in total. The number of carboxylic acids is 1. The van der Waals surface area contributed by atoms with Crippen LogP contribution in [0, 0.1) is 0 Å². The van der Waals surface area contributed by atoms with E-state index in [1.807, 2.05) is 12.1 Å². The van der Waals surface area contributed by atoms with Crippen molar-refractivity contribution in [2.75, 3.05) is 5.32 Å². The second kappa shape index (κ2) is 7.64. The third-order valence-corrected chi connectivity index (χ3v) is 4.82. The minimum atomic E-state index is -1.15. The Labute approximate surface area is 171 Å². The molecular weight excluding hydrogens is 422 g/mol. The normalized spacial score (nSPS) is 11.3. The molecule has 0 fully saturated rings. The Kier molecular flexibility index (Phi) is 5.42. The van der Waals surface area contributed by atoms with Gasteiger partial charge in [-0.1, -0.05) is 48.8 Å². The fourth-order valence-electron chi connectivity index (χ4n) is 2.75. The molecule has 3 aromatic rings. The minimum Gasteiger partial charge on any atom is -0.475 e. The van der Waals surface area contributed by atoms with Gasteiger partial charge in [-0.2, -0.15) is 0 Å². The van der Waals surface area contributed by atoms with Gasteiger partial charge in [-0.25, -0.2) is 4.79 Å². The zero-order valence-electron chi connectivity index (χ0n) is 15.7. The van der Waals surface area contributed by atoms with Crippen molar-refractivity contribution >= 4 is 33.5 Å². The van der Waals surface area contributed by atoms with Gasteiger partial charge in [-0.3, -0.25) is 4.79 Å². The van der Waals surface area contributed by atoms with E-state index in [2.05, 4.69) is 42.0 Å². The number of hydrogen-bond acceptors (Lipinski definition) is 3. The zero-order chi connectivity index (χ0) is 20.5. The molecule has 1 heterocycles. The lowest BCUT2D eigenvalue weighted by molar-refractivity contribution is 0.0663. The third-order valence-electron chi connectivity index (χ3n) is 4.33. The van der Waals surface area contributed by atoms with Gasteiger partial charge in [0.15, 0.2) is 0 Å². The summed E-state index contributed by atoms with van der Waals surface area (Å²) in [6.07, 6.45) is 0. The number of carbonyl (C=O) groups is 2. The van der Waals surface area contributed by atoms with Crippen LogP contribution in [0.5, 0.6) is 0 Å². The van der Waals surface area contributed by atoms with Crippen molar-refractivity contribution < 1.29 is 19.1 Å². The molecule has 0 saturated heterocycles. The maximum absolute atomic E-state index is 12.7. The fourth-order valence-corrected chi connectivity index (χ4v) is 3.11. The van der Waals surface area contributed by atoms with E-state index in [-0.39, 0.29) is 17.1 Å². The van der Waals surface area contributed by atoms with Crippen molar-refractivity contribution in [3.8, 4) is 11.3 Å². The van der Waals surface area contributed by atoms with Crippen LogP contribution in [0.2, 0.25) is 0 Å². The number of anilines is 1. The Bertz CT molecular complexity index is 1030. The number of rotatable bonds is 4. The SMILES string of the molecule is CC(C)(C)c1ccc(C(=O)Nc2cc(Br)ccc2-c2ccc(C(=O)O)o2)cc1. The van der Waals surface area contributed by atoms with Gasteiger partial charge < -0.3 is 14.8 Å². The number of amides is 1. The van der Waals surface area contributed by atoms with E-state index in [0.717, 1.165) is 10.0 Å². The standard InChI is InChI=1S/C22H20BrNO4/c1-22(2,3)14-6-4-13(5-7-14)20(25)24-17-12-15(23)8-9-16(17)18-10-11-19(28-18)21(26)27/h4-12H,1-3H3,(H,24,25)(H,26,27). The molecule has 0 aliphatic heterocycles. The Morgan fingerprint density at radius 2 is 1.68 bits per heavy atom. The summed E-state index contributed by atoms with van der Waals surface area (Å²) in [6.45, 7) is 6.35. The zero-order valence-corrected chi connectivity index (χ0v) is 17.3. The van der Waals surface area contributed by atoms with Crippen molar-refractivity contribution in [1.29, 1.82) is 0 Å². The number of aromatic carboxylic acids is 1. The second-order valence-corrected chi connectivity index (χ2v) is 8.36. The molecule has 0 radical (unpaired) electrons. The largest absolute Gasteiger partial charge is 0.475 e. The summed E-state index contributed by atoms with van der Waals surface area (Å²) in [4.78, 5) is 23.8. The third kappa shape index (κ3) is 4.34. The highest BCUT2D eigenvalue weighted by Gasteiger charge is 2.17. The average Bonchev–Trinajstić information content (AvgIpc) is 3.11. The first-order chi connectivity index (χ1) is 13.1. The summed E-state index contributed by atoms with van der Waals surface area (Å²) in [6, 6.07) is 15.7. The van der Waals surface area contributed by atoms with E-state index in [1.54, 1.807) is 36.4 Å². The first-order valence-corrected chi connectivity index (χ1v) is 9.49. The smallest absolute Gasteiger partial charge is 0.371 e. The van der Waals surface area contributed by atoms with Gasteiger partial charge in [0.1, 0.15) is 5.76 Å². The molecule has 2 aromatic carbocycles. The first-order valence-electron chi connectivity index (χ1n) is 8.70. The molecule has 0 unspecified atom stereocenters. The van der Waals surface area contributed by atoms with Gasteiger partial charge in [-0.15, -0.1) is 0 Å². The highest BCUT2D eigenvalue weighted by molar-refractivity contribution is 9.10. The number of furan rings is 1. The van der Waals surface area contributed by atoms with Crippen LogP contribution in [0.15, 0.2) is 63.5 Å². The molecule has 2 N–H and O–H groups in total. The monoisotopic (exact) mass is 441 g/mol. The molecule has 0 saturated carbocycles. The molecule has 6 heteroatoms. The molecule has 1 aromatic heterocycles. The van der Waals surface area contributed by atoms with Gasteiger partial charge in [0.05, 0.1) is 5.69 Å². The summed E-state index contributed by atoms with van der Waals surface area (Å²) in [5.74, 6) is -1.20. The van der Waals surface area contributed by atoms with E-state index in [4.69, 9.17) is 9.52 Å². The Morgan fingerprint density at radius 3 is 2.25 bits per heavy atom. The van der Waals surface area contributed by atoms with E-state index in [1.165, 1.54) is 6.07 Å². The van der Waals surface area contributed by atoms with Crippen LogP contribution in [-0.2, 0) is 5.41 Å². The molecule has 0 bridgehead atoms. The molecule has 0 spiro atoms. The molecule has 0 atom stereocenters. The molecule has 0 aliphatic rings. The summed E-state index contributed by atoms with van der Waals surface area (Å²) in [5, 5.41) is 11.9. The predicted molar refractivity (Wildman–Crippen MR) is 112 cm³/mol. The van der Waals surface area contributed by atoms with E-state index < -0.39 is 5.97 Å². The Morgan fingerprint density at radius 1 is 1.00 bits per heavy atom. The average molecular weight is 442 g/mol. The number of benzene rings is 2. The van der Waals surface area contributed by atoms with E-state index in [0.29, 0.717) is 22.6 Å². The Balaban J connectivity index is 1.90. The van der Waals surface area contributed by atoms with Crippen molar-refractivity contribution in [2.45, 2.75) is 26.2 Å². The molecule has 3 rings (SSSR count). The van der Waals surface area contributed by atoms with Crippen LogP contribution < -0.4 is 5.32 Å². The number of hydrogen-bond donors (Lipinski definition) is 2. The van der Waals surface area contributed by atoms with Crippen molar-refractivity contribution in [3.63, 3.8) is 0 Å².